The van der Waals surface area contributed by atoms with Gasteiger partial charge in [-0.3, -0.25) is 4.79 Å². The first kappa shape index (κ1) is 14.6. The number of amides is 1. The number of halogens is 3. The van der Waals surface area contributed by atoms with Crippen LogP contribution in [0.25, 0.3) is 0 Å². The normalized spacial score (nSPS) is 19.4. The van der Waals surface area contributed by atoms with Crippen LogP contribution >= 0.6 is 0 Å². The summed E-state index contributed by atoms with van der Waals surface area (Å²) >= 11 is 0. The van der Waals surface area contributed by atoms with Crippen molar-refractivity contribution in [3.05, 3.63) is 24.3 Å². The fraction of sp³-hybridized carbons (Fsp3) is 0.417. The number of anilines is 1. The maximum absolute atomic E-state index is 12.2. The maximum atomic E-state index is 12.2. The van der Waals surface area contributed by atoms with Gasteiger partial charge in [0.1, 0.15) is 6.10 Å². The quantitative estimate of drug-likeness (QED) is 0.886. The van der Waals surface area contributed by atoms with Crippen molar-refractivity contribution in [1.82, 2.24) is 5.32 Å². The van der Waals surface area contributed by atoms with Gasteiger partial charge in [-0.1, -0.05) is 12.1 Å². The van der Waals surface area contributed by atoms with E-state index in [1.165, 1.54) is 18.2 Å². The number of rotatable bonds is 3. The van der Waals surface area contributed by atoms with Crippen molar-refractivity contribution in [2.24, 2.45) is 0 Å². The first-order valence-electron chi connectivity index (χ1n) is 5.94. The molecule has 0 saturated carbocycles. The number of hydrogen-bond acceptors (Lipinski definition) is 4. The Balaban J connectivity index is 2.06. The summed E-state index contributed by atoms with van der Waals surface area (Å²) < 4.78 is 45.8. The molecule has 1 saturated heterocycles. The van der Waals surface area contributed by atoms with E-state index in [0.717, 1.165) is 6.07 Å². The predicted molar refractivity (Wildman–Crippen MR) is 64.4 cm³/mol. The second-order valence-electron chi connectivity index (χ2n) is 4.10. The number of hydrogen-bond donors (Lipinski definition) is 2. The molecular weight excluding hydrogens is 277 g/mol. The van der Waals surface area contributed by atoms with E-state index < -0.39 is 24.1 Å². The predicted octanol–water partition coefficient (Wildman–Crippen LogP) is 1.51. The summed E-state index contributed by atoms with van der Waals surface area (Å²) in [6.45, 7) is 1.32. The molecule has 0 radical (unpaired) electrons. The SMILES string of the molecule is O=C(Nc1ccccc1OC(F)(F)F)C1CNCCO1. The van der Waals surface area contributed by atoms with Crippen molar-refractivity contribution in [3.8, 4) is 5.75 Å². The first-order valence-corrected chi connectivity index (χ1v) is 5.94. The van der Waals surface area contributed by atoms with Crippen molar-refractivity contribution in [2.75, 3.05) is 25.0 Å². The van der Waals surface area contributed by atoms with E-state index in [4.69, 9.17) is 4.74 Å². The van der Waals surface area contributed by atoms with Gasteiger partial charge in [0.15, 0.2) is 5.75 Å². The summed E-state index contributed by atoms with van der Waals surface area (Å²) in [5.41, 5.74) is -0.0519. The lowest BCUT2D eigenvalue weighted by atomic mass is 10.2. The van der Waals surface area contributed by atoms with Crippen LogP contribution in [0.3, 0.4) is 0 Å². The number of para-hydroxylation sites is 2. The van der Waals surface area contributed by atoms with Crippen LogP contribution in [0.5, 0.6) is 5.75 Å². The third-order valence-electron chi connectivity index (χ3n) is 2.59. The number of carbonyl (C=O) groups is 1. The van der Waals surface area contributed by atoms with Gasteiger partial charge in [-0.2, -0.15) is 0 Å². The molecule has 0 aromatic heterocycles. The molecule has 0 bridgehead atoms. The number of nitrogens with one attached hydrogen (secondary N) is 2. The molecule has 5 nitrogen and oxygen atoms in total. The lowest BCUT2D eigenvalue weighted by Gasteiger charge is -2.23. The highest BCUT2D eigenvalue weighted by atomic mass is 19.4. The fourth-order valence-corrected chi connectivity index (χ4v) is 1.73. The highest BCUT2D eigenvalue weighted by Crippen LogP contribution is 2.30. The van der Waals surface area contributed by atoms with Gasteiger partial charge in [0.25, 0.3) is 5.91 Å². The molecule has 0 aliphatic carbocycles. The number of morpholine rings is 1. The zero-order valence-corrected chi connectivity index (χ0v) is 10.4. The summed E-state index contributed by atoms with van der Waals surface area (Å²) in [7, 11) is 0. The van der Waals surface area contributed by atoms with Gasteiger partial charge in [0, 0.05) is 13.1 Å². The molecule has 1 aromatic carbocycles. The van der Waals surface area contributed by atoms with Crippen LogP contribution in [0.1, 0.15) is 0 Å². The van der Waals surface area contributed by atoms with Crippen LogP contribution in [-0.2, 0) is 9.53 Å². The monoisotopic (exact) mass is 290 g/mol. The molecule has 1 heterocycles. The second kappa shape index (κ2) is 6.10. The molecule has 8 heteroatoms. The molecule has 1 aliphatic rings. The molecule has 0 spiro atoms. The van der Waals surface area contributed by atoms with E-state index in [0.29, 0.717) is 19.7 Å². The van der Waals surface area contributed by atoms with E-state index >= 15 is 0 Å². The summed E-state index contributed by atoms with van der Waals surface area (Å²) in [6.07, 6.45) is -5.55. The van der Waals surface area contributed by atoms with Crippen molar-refractivity contribution < 1.29 is 27.4 Å². The molecular formula is C12H13F3N2O3. The molecule has 2 N–H and O–H groups in total. The van der Waals surface area contributed by atoms with Gasteiger partial charge in [0.05, 0.1) is 12.3 Å². The number of alkyl halides is 3. The largest absolute Gasteiger partial charge is 0.573 e. The summed E-state index contributed by atoms with van der Waals surface area (Å²) in [6, 6.07) is 5.34. The molecule has 1 fully saturated rings. The topological polar surface area (TPSA) is 59.6 Å². The van der Waals surface area contributed by atoms with Crippen molar-refractivity contribution in [1.29, 1.82) is 0 Å². The standard InChI is InChI=1S/C12H13F3N2O3/c13-12(14,15)20-9-4-2-1-3-8(9)17-11(18)10-7-16-5-6-19-10/h1-4,10,16H,5-7H2,(H,17,18). The van der Waals surface area contributed by atoms with Gasteiger partial charge in [-0.05, 0) is 12.1 Å². The van der Waals surface area contributed by atoms with E-state index in [-0.39, 0.29) is 5.69 Å². The van der Waals surface area contributed by atoms with Gasteiger partial charge < -0.3 is 20.1 Å². The summed E-state index contributed by atoms with van der Waals surface area (Å²) in [5, 5.41) is 5.33. The van der Waals surface area contributed by atoms with Crippen LogP contribution < -0.4 is 15.4 Å². The van der Waals surface area contributed by atoms with E-state index in [2.05, 4.69) is 15.4 Å². The Morgan fingerprint density at radius 3 is 2.80 bits per heavy atom. The van der Waals surface area contributed by atoms with Gasteiger partial charge in [-0.15, -0.1) is 13.2 Å². The average molecular weight is 290 g/mol. The first-order chi connectivity index (χ1) is 9.46. The fourth-order valence-electron chi connectivity index (χ4n) is 1.73. The summed E-state index contributed by atoms with van der Waals surface area (Å²) in [4.78, 5) is 11.9. The van der Waals surface area contributed by atoms with Gasteiger partial charge >= 0.3 is 6.36 Å². The average Bonchev–Trinajstić information content (AvgIpc) is 2.40. The highest BCUT2D eigenvalue weighted by Gasteiger charge is 2.32. The Morgan fingerprint density at radius 1 is 1.40 bits per heavy atom. The number of ether oxygens (including phenoxy) is 2. The second-order valence-corrected chi connectivity index (χ2v) is 4.10. The number of benzene rings is 1. The van der Waals surface area contributed by atoms with Crippen LogP contribution in [0.2, 0.25) is 0 Å². The minimum absolute atomic E-state index is 0.0519. The molecule has 1 unspecified atom stereocenters. The Hall–Kier alpha value is -1.80. The van der Waals surface area contributed by atoms with E-state index in [1.807, 2.05) is 0 Å². The Morgan fingerprint density at radius 2 is 2.15 bits per heavy atom. The maximum Gasteiger partial charge on any atom is 0.573 e. The Bertz CT molecular complexity index is 473. The molecule has 2 rings (SSSR count). The smallest absolute Gasteiger partial charge is 0.404 e. The molecule has 110 valence electrons. The molecule has 1 amide bonds. The molecule has 20 heavy (non-hydrogen) atoms. The van der Waals surface area contributed by atoms with Crippen LogP contribution in [0.15, 0.2) is 24.3 Å². The van der Waals surface area contributed by atoms with E-state index in [9.17, 15) is 18.0 Å². The number of carbonyl (C=O) groups excluding carboxylic acids is 1. The molecule has 1 atom stereocenters. The lowest BCUT2D eigenvalue weighted by molar-refractivity contribution is -0.274. The molecule has 1 aliphatic heterocycles. The zero-order chi connectivity index (χ0) is 14.6. The lowest BCUT2D eigenvalue weighted by Crippen LogP contribution is -2.45. The molecule has 1 aromatic rings. The third-order valence-corrected chi connectivity index (χ3v) is 2.59. The third kappa shape index (κ3) is 4.10. The van der Waals surface area contributed by atoms with Crippen LogP contribution in [-0.4, -0.2) is 38.1 Å². The van der Waals surface area contributed by atoms with Crippen molar-refractivity contribution in [2.45, 2.75) is 12.5 Å². The zero-order valence-electron chi connectivity index (χ0n) is 10.4. The minimum Gasteiger partial charge on any atom is -0.404 e. The van der Waals surface area contributed by atoms with Crippen LogP contribution in [0.4, 0.5) is 18.9 Å². The Kier molecular flexibility index (Phi) is 4.46. The summed E-state index contributed by atoms with van der Waals surface area (Å²) in [5.74, 6) is -0.979. The van der Waals surface area contributed by atoms with Crippen molar-refractivity contribution in [3.63, 3.8) is 0 Å². The van der Waals surface area contributed by atoms with Gasteiger partial charge in [0.2, 0.25) is 0 Å². The van der Waals surface area contributed by atoms with Gasteiger partial charge in [-0.25, -0.2) is 0 Å². The Labute approximate surface area is 113 Å². The van der Waals surface area contributed by atoms with Crippen LogP contribution in [0, 0.1) is 0 Å². The minimum atomic E-state index is -4.82. The van der Waals surface area contributed by atoms with Crippen molar-refractivity contribution >= 4 is 11.6 Å². The van der Waals surface area contributed by atoms with E-state index in [1.54, 1.807) is 0 Å². The highest BCUT2D eigenvalue weighted by molar-refractivity contribution is 5.95.